The average molecular weight is 395 g/mol. The van der Waals surface area contributed by atoms with Gasteiger partial charge in [-0.05, 0) is 50.8 Å². The van der Waals surface area contributed by atoms with E-state index in [4.69, 9.17) is 32.7 Å². The third-order valence-corrected chi connectivity index (χ3v) is 4.41. The Balaban J connectivity index is 1.81. The van der Waals surface area contributed by atoms with Crippen LogP contribution < -0.4 is 14.8 Å². The molecule has 0 atom stereocenters. The lowest BCUT2D eigenvalue weighted by atomic mass is 10.1. The van der Waals surface area contributed by atoms with Gasteiger partial charge in [-0.25, -0.2) is 0 Å². The van der Waals surface area contributed by atoms with Crippen molar-refractivity contribution in [3.8, 4) is 11.5 Å². The van der Waals surface area contributed by atoms with Crippen molar-refractivity contribution in [3.63, 3.8) is 0 Å². The van der Waals surface area contributed by atoms with Gasteiger partial charge in [0.05, 0.1) is 28.4 Å². The van der Waals surface area contributed by atoms with Crippen molar-refractivity contribution < 1.29 is 14.3 Å². The van der Waals surface area contributed by atoms with E-state index in [1.165, 1.54) is 25.2 Å². The van der Waals surface area contributed by atoms with Crippen molar-refractivity contribution in [3.05, 3.63) is 46.2 Å². The lowest BCUT2D eigenvalue weighted by Gasteiger charge is -2.16. The third kappa shape index (κ3) is 4.80. The van der Waals surface area contributed by atoms with E-state index in [1.807, 2.05) is 13.8 Å². The highest BCUT2D eigenvalue weighted by Crippen LogP contribution is 2.34. The molecule has 138 valence electrons. The molecule has 0 spiro atoms. The molecule has 0 unspecified atom stereocenters. The molecule has 1 fully saturated rings. The minimum Gasteiger partial charge on any atom is -0.489 e. The lowest BCUT2D eigenvalue weighted by molar-refractivity contribution is 0.102. The van der Waals surface area contributed by atoms with Crippen molar-refractivity contribution in [1.29, 1.82) is 0 Å². The van der Waals surface area contributed by atoms with Crippen LogP contribution in [0.3, 0.4) is 0 Å². The molecule has 1 aliphatic rings. The Hall–Kier alpha value is -1.98. The lowest BCUT2D eigenvalue weighted by Crippen LogP contribution is -2.14. The number of anilines is 1. The summed E-state index contributed by atoms with van der Waals surface area (Å²) in [5.74, 6) is 1.43. The fourth-order valence-corrected chi connectivity index (χ4v) is 2.78. The zero-order chi connectivity index (χ0) is 18.7. The van der Waals surface area contributed by atoms with E-state index in [2.05, 4.69) is 10.3 Å². The van der Waals surface area contributed by atoms with Gasteiger partial charge in [-0.1, -0.05) is 23.2 Å². The monoisotopic (exact) mass is 394 g/mol. The molecule has 1 aromatic heterocycles. The molecule has 0 saturated heterocycles. The highest BCUT2D eigenvalue weighted by molar-refractivity contribution is 6.39. The standard InChI is InChI=1S/C19H20Cl2N2O3/c1-11(2)26-16-6-5-13(7-17(16)25-10-12-3-4-12)19(24)23-18-14(20)8-22-9-15(18)21/h5-9,11-12H,3-4,10H2,1-2H3,(H,22,23,24). The number of nitrogens with zero attached hydrogens (tertiary/aromatic N) is 1. The Bertz CT molecular complexity index is 787. The second-order valence-corrected chi connectivity index (χ2v) is 7.33. The van der Waals surface area contributed by atoms with Crippen LogP contribution in [0.1, 0.15) is 37.0 Å². The van der Waals surface area contributed by atoms with Crippen molar-refractivity contribution in [2.24, 2.45) is 5.92 Å². The maximum atomic E-state index is 12.6. The number of aromatic nitrogens is 1. The van der Waals surface area contributed by atoms with Crippen LogP contribution in [0.25, 0.3) is 0 Å². The summed E-state index contributed by atoms with van der Waals surface area (Å²) in [7, 11) is 0. The van der Waals surface area contributed by atoms with E-state index in [0.717, 1.165) is 0 Å². The molecule has 0 aliphatic heterocycles. The summed E-state index contributed by atoms with van der Waals surface area (Å²) in [6.45, 7) is 4.51. The number of rotatable bonds is 7. The summed E-state index contributed by atoms with van der Waals surface area (Å²) in [6, 6.07) is 5.10. The molecule has 2 aromatic rings. The summed E-state index contributed by atoms with van der Waals surface area (Å²) in [4.78, 5) is 16.5. The normalized spacial score (nSPS) is 13.6. The van der Waals surface area contributed by atoms with Crippen molar-refractivity contribution in [2.75, 3.05) is 11.9 Å². The first kappa shape index (κ1) is 18.8. The Morgan fingerprint density at radius 3 is 2.54 bits per heavy atom. The maximum Gasteiger partial charge on any atom is 0.255 e. The Labute approximate surface area is 162 Å². The molecule has 26 heavy (non-hydrogen) atoms. The van der Waals surface area contributed by atoms with Gasteiger partial charge in [0.2, 0.25) is 0 Å². The van der Waals surface area contributed by atoms with Crippen molar-refractivity contribution in [2.45, 2.75) is 32.8 Å². The predicted octanol–water partition coefficient (Wildman–Crippen LogP) is 5.22. The molecule has 1 N–H and O–H groups in total. The first-order valence-electron chi connectivity index (χ1n) is 8.48. The number of nitrogens with one attached hydrogen (secondary N) is 1. The Kier molecular flexibility index (Phi) is 5.89. The highest BCUT2D eigenvalue weighted by Gasteiger charge is 2.23. The van der Waals surface area contributed by atoms with Gasteiger partial charge in [0.25, 0.3) is 5.91 Å². The molecule has 1 aliphatic carbocycles. The molecule has 0 bridgehead atoms. The van der Waals surface area contributed by atoms with Gasteiger partial charge in [0.15, 0.2) is 11.5 Å². The first-order valence-corrected chi connectivity index (χ1v) is 9.23. The number of halogens is 2. The van der Waals surface area contributed by atoms with Crippen LogP contribution in [0.4, 0.5) is 5.69 Å². The van der Waals surface area contributed by atoms with E-state index < -0.39 is 0 Å². The Morgan fingerprint density at radius 1 is 1.23 bits per heavy atom. The molecule has 3 rings (SSSR count). The van der Waals surface area contributed by atoms with Gasteiger partial charge < -0.3 is 14.8 Å². The van der Waals surface area contributed by atoms with Gasteiger partial charge in [0, 0.05) is 18.0 Å². The van der Waals surface area contributed by atoms with Crippen LogP contribution in [-0.2, 0) is 0 Å². The highest BCUT2D eigenvalue weighted by atomic mass is 35.5. The van der Waals surface area contributed by atoms with Crippen LogP contribution in [0.15, 0.2) is 30.6 Å². The molecule has 7 heteroatoms. The van der Waals surface area contributed by atoms with Gasteiger partial charge in [0.1, 0.15) is 0 Å². The van der Waals surface area contributed by atoms with Crippen LogP contribution in [0.5, 0.6) is 11.5 Å². The molecular formula is C19H20Cl2N2O3. The van der Waals surface area contributed by atoms with Gasteiger partial charge >= 0.3 is 0 Å². The quantitative estimate of drug-likeness (QED) is 0.699. The molecule has 5 nitrogen and oxygen atoms in total. The summed E-state index contributed by atoms with van der Waals surface area (Å²) in [6.07, 6.45) is 5.21. The molecule has 1 saturated carbocycles. The molecule has 0 radical (unpaired) electrons. The number of pyridine rings is 1. The SMILES string of the molecule is CC(C)Oc1ccc(C(=O)Nc2c(Cl)cncc2Cl)cc1OCC1CC1. The summed E-state index contributed by atoms with van der Waals surface area (Å²) >= 11 is 12.1. The summed E-state index contributed by atoms with van der Waals surface area (Å²) < 4.78 is 11.7. The minimum absolute atomic E-state index is 0.00684. The fourth-order valence-electron chi connectivity index (χ4n) is 2.32. The first-order chi connectivity index (χ1) is 12.4. The maximum absolute atomic E-state index is 12.6. The topological polar surface area (TPSA) is 60.5 Å². The summed E-state index contributed by atoms with van der Waals surface area (Å²) in [5, 5.41) is 3.27. The van der Waals surface area contributed by atoms with Gasteiger partial charge in [-0.3, -0.25) is 9.78 Å². The van der Waals surface area contributed by atoms with E-state index in [-0.39, 0.29) is 22.1 Å². The smallest absolute Gasteiger partial charge is 0.255 e. The van der Waals surface area contributed by atoms with E-state index in [0.29, 0.717) is 35.3 Å². The van der Waals surface area contributed by atoms with E-state index >= 15 is 0 Å². The van der Waals surface area contributed by atoms with Crippen molar-refractivity contribution >= 4 is 34.8 Å². The number of ether oxygens (including phenoxy) is 2. The largest absolute Gasteiger partial charge is 0.489 e. The second-order valence-electron chi connectivity index (χ2n) is 6.51. The zero-order valence-corrected chi connectivity index (χ0v) is 16.1. The average Bonchev–Trinajstić information content (AvgIpc) is 3.41. The number of amides is 1. The van der Waals surface area contributed by atoms with E-state index in [9.17, 15) is 4.79 Å². The number of hydrogen-bond acceptors (Lipinski definition) is 4. The molecule has 1 aromatic carbocycles. The van der Waals surface area contributed by atoms with Crippen LogP contribution >= 0.6 is 23.2 Å². The zero-order valence-electron chi connectivity index (χ0n) is 14.6. The van der Waals surface area contributed by atoms with Crippen molar-refractivity contribution in [1.82, 2.24) is 4.98 Å². The number of carbonyl (C=O) groups excluding carboxylic acids is 1. The second kappa shape index (κ2) is 8.14. The van der Waals surface area contributed by atoms with Gasteiger partial charge in [-0.2, -0.15) is 0 Å². The number of benzene rings is 1. The van der Waals surface area contributed by atoms with Crippen LogP contribution in [-0.4, -0.2) is 23.6 Å². The predicted molar refractivity (Wildman–Crippen MR) is 103 cm³/mol. The minimum atomic E-state index is -0.340. The number of carbonyl (C=O) groups is 1. The molecule has 1 heterocycles. The van der Waals surface area contributed by atoms with Crippen LogP contribution in [0, 0.1) is 5.92 Å². The van der Waals surface area contributed by atoms with Crippen LogP contribution in [0.2, 0.25) is 10.0 Å². The Morgan fingerprint density at radius 2 is 1.92 bits per heavy atom. The molecular weight excluding hydrogens is 375 g/mol. The number of hydrogen-bond donors (Lipinski definition) is 1. The molecule has 1 amide bonds. The summed E-state index contributed by atoms with van der Waals surface area (Å²) in [5.41, 5.74) is 0.757. The van der Waals surface area contributed by atoms with E-state index in [1.54, 1.807) is 18.2 Å². The fraction of sp³-hybridized carbons (Fsp3) is 0.368. The van der Waals surface area contributed by atoms with Gasteiger partial charge in [-0.15, -0.1) is 0 Å². The third-order valence-electron chi connectivity index (χ3n) is 3.83.